The molecule has 134 valence electrons. The molecule has 0 spiro atoms. The Morgan fingerprint density at radius 3 is 2.44 bits per heavy atom. The summed E-state index contributed by atoms with van der Waals surface area (Å²) in [4.78, 5) is 2.03. The van der Waals surface area contributed by atoms with Crippen molar-refractivity contribution in [1.29, 1.82) is 0 Å². The second-order valence-electron chi connectivity index (χ2n) is 5.54. The normalized spacial score (nSPS) is 15.8. The number of rotatable bonds is 3. The van der Waals surface area contributed by atoms with E-state index in [4.69, 9.17) is 18.6 Å². The molecule has 1 aromatic heterocycles. The van der Waals surface area contributed by atoms with Gasteiger partial charge in [0.15, 0.2) is 6.54 Å². The Morgan fingerprint density at radius 2 is 1.76 bits per heavy atom. The first-order valence-corrected chi connectivity index (χ1v) is 9.55. The molecular formula is C17H19ClN2O4S. The van der Waals surface area contributed by atoms with E-state index in [1.165, 1.54) is 20.8 Å². The van der Waals surface area contributed by atoms with Crippen LogP contribution in [-0.2, 0) is 6.54 Å². The monoisotopic (exact) mass is 382 g/mol. The van der Waals surface area contributed by atoms with Gasteiger partial charge in [0, 0.05) is 32.2 Å². The van der Waals surface area contributed by atoms with E-state index >= 15 is 0 Å². The molecule has 2 heterocycles. The molecule has 3 rings (SSSR count). The van der Waals surface area contributed by atoms with Crippen molar-refractivity contribution in [2.45, 2.75) is 13.0 Å². The van der Waals surface area contributed by atoms with Crippen molar-refractivity contribution in [2.24, 2.45) is 0 Å². The Balaban J connectivity index is 0.000000399. The van der Waals surface area contributed by atoms with Crippen LogP contribution in [0, 0.1) is 10.2 Å². The van der Waals surface area contributed by atoms with Gasteiger partial charge in [-0.1, -0.05) is 41.7 Å². The smallest absolute Gasteiger partial charge is 0.266 e. The number of hydrogen-bond acceptors (Lipinski definition) is 6. The van der Waals surface area contributed by atoms with E-state index in [2.05, 4.69) is 53.1 Å². The third-order valence-electron chi connectivity index (χ3n) is 3.39. The molecule has 0 N–H and O–H groups in total. The van der Waals surface area contributed by atoms with Crippen LogP contribution in [0.1, 0.15) is 11.4 Å². The van der Waals surface area contributed by atoms with Crippen LogP contribution in [0.3, 0.4) is 0 Å². The first-order chi connectivity index (χ1) is 11.8. The van der Waals surface area contributed by atoms with E-state index in [0.29, 0.717) is 0 Å². The maximum Gasteiger partial charge on any atom is 0.266 e. The SMILES string of the molecule is CN(C)/C=C/C=C/C=C1\CC[n+]2c1sc1ccccc12.[O-][Cl+3]([O-])([O-])[O-]. The van der Waals surface area contributed by atoms with Crippen molar-refractivity contribution in [2.75, 3.05) is 14.1 Å². The molecule has 0 amide bonds. The first-order valence-electron chi connectivity index (χ1n) is 7.49. The summed E-state index contributed by atoms with van der Waals surface area (Å²) in [7, 11) is -0.889. The highest BCUT2D eigenvalue weighted by Gasteiger charge is 2.29. The number of para-hydroxylation sites is 1. The van der Waals surface area contributed by atoms with Crippen molar-refractivity contribution in [3.63, 3.8) is 0 Å². The molecule has 0 unspecified atom stereocenters. The predicted molar refractivity (Wildman–Crippen MR) is 86.6 cm³/mol. The maximum absolute atomic E-state index is 8.49. The fourth-order valence-corrected chi connectivity index (χ4v) is 3.69. The zero-order valence-corrected chi connectivity index (χ0v) is 15.5. The number of fused-ring (bicyclic) bond motifs is 3. The van der Waals surface area contributed by atoms with Crippen LogP contribution < -0.4 is 23.2 Å². The van der Waals surface area contributed by atoms with E-state index in [1.54, 1.807) is 0 Å². The predicted octanol–water partition coefficient (Wildman–Crippen LogP) is -1.15. The molecule has 8 heteroatoms. The van der Waals surface area contributed by atoms with Gasteiger partial charge in [0.2, 0.25) is 5.52 Å². The Hall–Kier alpha value is -1.74. The summed E-state index contributed by atoms with van der Waals surface area (Å²) in [5.41, 5.74) is 2.81. The average Bonchev–Trinajstić information content (AvgIpc) is 3.04. The molecule has 25 heavy (non-hydrogen) atoms. The van der Waals surface area contributed by atoms with Gasteiger partial charge in [0.1, 0.15) is 4.70 Å². The highest BCUT2D eigenvalue weighted by Crippen LogP contribution is 2.31. The molecular weight excluding hydrogens is 364 g/mol. The van der Waals surface area contributed by atoms with E-state index in [1.807, 2.05) is 36.5 Å². The lowest BCUT2D eigenvalue weighted by atomic mass is 10.2. The summed E-state index contributed by atoms with van der Waals surface area (Å²) in [5.74, 6) is 0. The number of allylic oxidation sites excluding steroid dienone is 5. The Kier molecular flexibility index (Phi) is 6.71. The molecule has 6 nitrogen and oxygen atoms in total. The Labute approximate surface area is 152 Å². The Bertz CT molecular complexity index is 801. The van der Waals surface area contributed by atoms with Crippen LogP contribution in [0.2, 0.25) is 0 Å². The second-order valence-corrected chi connectivity index (χ2v) is 7.32. The molecule has 0 radical (unpaired) electrons. The van der Waals surface area contributed by atoms with Crippen LogP contribution in [0.25, 0.3) is 15.8 Å². The number of nitrogens with zero attached hydrogens (tertiary/aromatic N) is 2. The van der Waals surface area contributed by atoms with E-state index < -0.39 is 10.2 Å². The first kappa shape index (κ1) is 19.6. The topological polar surface area (TPSA) is 99.4 Å². The summed E-state index contributed by atoms with van der Waals surface area (Å²) in [6.45, 7) is 1.10. The van der Waals surface area contributed by atoms with Gasteiger partial charge >= 0.3 is 0 Å². The maximum atomic E-state index is 8.49. The number of halogens is 1. The lowest BCUT2D eigenvalue weighted by Gasteiger charge is -2.17. The van der Waals surface area contributed by atoms with Gasteiger partial charge in [-0.3, -0.25) is 0 Å². The molecule has 0 saturated heterocycles. The second kappa shape index (κ2) is 8.57. The van der Waals surface area contributed by atoms with Gasteiger partial charge in [-0.05, 0) is 18.3 Å². The van der Waals surface area contributed by atoms with Gasteiger partial charge < -0.3 is 4.90 Å². The minimum absolute atomic E-state index is 1.10. The molecule has 1 aliphatic rings. The van der Waals surface area contributed by atoms with E-state index in [9.17, 15) is 0 Å². The van der Waals surface area contributed by atoms with Crippen LogP contribution in [-0.4, -0.2) is 19.0 Å². The summed E-state index contributed by atoms with van der Waals surface area (Å²) in [5, 5.41) is 1.41. The minimum Gasteiger partial charge on any atom is -0.383 e. The lowest BCUT2D eigenvalue weighted by Crippen LogP contribution is -2.68. The number of hydrogen-bond donors (Lipinski definition) is 0. The van der Waals surface area contributed by atoms with Crippen molar-refractivity contribution >= 4 is 27.1 Å². The zero-order valence-electron chi connectivity index (χ0n) is 13.9. The fourth-order valence-electron chi connectivity index (χ4n) is 2.45. The molecule has 0 atom stereocenters. The molecule has 0 aliphatic carbocycles. The van der Waals surface area contributed by atoms with Crippen LogP contribution >= 0.6 is 11.3 Å². The summed E-state index contributed by atoms with van der Waals surface area (Å²) in [6.07, 6.45) is 11.7. The molecule has 0 saturated carbocycles. The summed E-state index contributed by atoms with van der Waals surface area (Å²) < 4.78 is 37.8. The van der Waals surface area contributed by atoms with E-state index in [0.717, 1.165) is 13.0 Å². The highest BCUT2D eigenvalue weighted by atomic mass is 35.7. The van der Waals surface area contributed by atoms with Crippen LogP contribution in [0.15, 0.2) is 54.8 Å². The van der Waals surface area contributed by atoms with Crippen molar-refractivity contribution in [1.82, 2.24) is 4.90 Å². The van der Waals surface area contributed by atoms with Crippen molar-refractivity contribution < 1.29 is 33.4 Å². The van der Waals surface area contributed by atoms with Crippen LogP contribution in [0.5, 0.6) is 0 Å². The average molecular weight is 383 g/mol. The third-order valence-corrected chi connectivity index (χ3v) is 4.63. The molecule has 1 aliphatic heterocycles. The largest absolute Gasteiger partial charge is 0.383 e. The number of aromatic nitrogens is 1. The summed E-state index contributed by atoms with van der Waals surface area (Å²) >= 11 is 1.90. The molecule has 1 aromatic carbocycles. The van der Waals surface area contributed by atoms with Gasteiger partial charge in [-0.15, -0.1) is 10.2 Å². The molecule has 2 aromatic rings. The number of thiazole rings is 1. The molecule has 0 bridgehead atoms. The lowest BCUT2D eigenvalue weighted by molar-refractivity contribution is -2.00. The zero-order chi connectivity index (χ0) is 18.4. The van der Waals surface area contributed by atoms with Gasteiger partial charge in [-0.25, -0.2) is 18.6 Å². The number of benzene rings is 1. The van der Waals surface area contributed by atoms with E-state index in [-0.39, 0.29) is 0 Å². The van der Waals surface area contributed by atoms with Crippen molar-refractivity contribution in [3.8, 4) is 0 Å². The standard InChI is InChI=1S/C17H19N2S.ClHO4/c1-18(2)12-7-3-4-8-14-11-13-19-15-9-5-6-10-16(15)20-17(14)19;2-1(3,4)5/h3-10,12H,11,13H2,1-2H3;(H,2,3,4,5)/q+1;/p-1. The quantitative estimate of drug-likeness (QED) is 0.493. The minimum atomic E-state index is -4.94. The summed E-state index contributed by atoms with van der Waals surface area (Å²) in [6, 6.07) is 8.66. The fraction of sp³-hybridized carbons (Fsp3) is 0.235. The van der Waals surface area contributed by atoms with Gasteiger partial charge in [-0.2, -0.15) is 4.57 Å². The number of aryl methyl sites for hydroxylation is 1. The van der Waals surface area contributed by atoms with Crippen molar-refractivity contribution in [3.05, 3.63) is 59.8 Å². The Morgan fingerprint density at radius 1 is 1.08 bits per heavy atom. The third kappa shape index (κ3) is 6.24. The van der Waals surface area contributed by atoms with Gasteiger partial charge in [0.25, 0.3) is 5.01 Å². The van der Waals surface area contributed by atoms with Gasteiger partial charge in [0.05, 0.1) is 0 Å². The van der Waals surface area contributed by atoms with Crippen LogP contribution in [0.4, 0.5) is 0 Å². The highest BCUT2D eigenvalue weighted by molar-refractivity contribution is 7.19. The molecule has 0 fully saturated rings.